The average Bonchev–Trinajstić information content (AvgIpc) is 3.43. The van der Waals surface area contributed by atoms with Crippen molar-refractivity contribution in [2.24, 2.45) is 0 Å². The van der Waals surface area contributed by atoms with Gasteiger partial charge in [-0.1, -0.05) is 61.8 Å². The molecule has 7 nitrogen and oxygen atoms in total. The summed E-state index contributed by atoms with van der Waals surface area (Å²) in [7, 11) is -3.74. The number of aryl methyl sites for hydroxylation is 1. The fraction of sp³-hybridized carbons (Fsp3) is 0.435. The minimum Gasteiger partial charge on any atom is -0.368 e. The van der Waals surface area contributed by atoms with Gasteiger partial charge in [0.2, 0.25) is 5.13 Å². The summed E-state index contributed by atoms with van der Waals surface area (Å²) in [5.74, 6) is 0.871. The Bertz CT molecular complexity index is 1220. The van der Waals surface area contributed by atoms with Crippen molar-refractivity contribution in [3.63, 3.8) is 0 Å². The molecule has 1 saturated carbocycles. The second kappa shape index (κ2) is 9.56. The molecule has 4 rings (SSSR count). The van der Waals surface area contributed by atoms with Gasteiger partial charge in [0.05, 0.1) is 9.92 Å². The summed E-state index contributed by atoms with van der Waals surface area (Å²) in [6.45, 7) is 6.64. The van der Waals surface area contributed by atoms with Crippen LogP contribution >= 0.6 is 22.9 Å². The van der Waals surface area contributed by atoms with Crippen LogP contribution in [0.3, 0.4) is 0 Å². The summed E-state index contributed by atoms with van der Waals surface area (Å²) >= 11 is 7.61. The molecule has 1 aliphatic rings. The Labute approximate surface area is 204 Å². The van der Waals surface area contributed by atoms with E-state index in [1.165, 1.54) is 11.3 Å². The minimum atomic E-state index is -3.74. The van der Waals surface area contributed by atoms with E-state index in [1.54, 1.807) is 18.3 Å². The van der Waals surface area contributed by atoms with Crippen molar-refractivity contribution in [3.05, 3.63) is 57.7 Å². The molecule has 0 bridgehead atoms. The molecule has 3 aromatic rings. The Balaban J connectivity index is 1.51. The van der Waals surface area contributed by atoms with Gasteiger partial charge in [-0.2, -0.15) is 0 Å². The first-order valence-corrected chi connectivity index (χ1v) is 13.7. The van der Waals surface area contributed by atoms with E-state index in [1.807, 2.05) is 39.0 Å². The molecule has 2 aromatic heterocycles. The minimum absolute atomic E-state index is 0.0863. The Morgan fingerprint density at radius 3 is 2.45 bits per heavy atom. The highest BCUT2D eigenvalue weighted by Crippen LogP contribution is 2.42. The van der Waals surface area contributed by atoms with Gasteiger partial charge in [0.1, 0.15) is 10.8 Å². The lowest BCUT2D eigenvalue weighted by Crippen LogP contribution is -2.31. The van der Waals surface area contributed by atoms with E-state index >= 15 is 0 Å². The molecule has 0 amide bonds. The molecule has 2 N–H and O–H groups in total. The molecule has 1 aliphatic carbocycles. The Morgan fingerprint density at radius 2 is 1.85 bits per heavy atom. The highest BCUT2D eigenvalue weighted by atomic mass is 35.5. The predicted octanol–water partition coefficient (Wildman–Crippen LogP) is 5.74. The number of aromatic nitrogens is 3. The van der Waals surface area contributed by atoms with E-state index in [0.717, 1.165) is 41.8 Å². The quantitative estimate of drug-likeness (QED) is 0.405. The van der Waals surface area contributed by atoms with Crippen LogP contribution in [0, 0.1) is 6.92 Å². The molecule has 1 aromatic carbocycles. The lowest BCUT2D eigenvalue weighted by molar-refractivity contribution is 0.466. The zero-order chi connectivity index (χ0) is 23.6. The molecule has 0 radical (unpaired) electrons. The standard InChI is InChI=1S/C23H28ClN5O2S2/c1-15(2)21-27-28-22(32-21)29-33(30,31)18-8-6-17(7-9-18)23(10-4-5-11-23)14-26-20-19(24)12-16(3)13-25-20/h6-9,12-13,15H,4-5,10-11,14H2,1-3H3,(H,25,26)(H,28,29). The second-order valence-corrected chi connectivity index (χ2v) is 12.0. The predicted molar refractivity (Wildman–Crippen MR) is 134 cm³/mol. The maximum absolute atomic E-state index is 12.9. The largest absolute Gasteiger partial charge is 0.368 e. The number of pyridine rings is 1. The summed E-state index contributed by atoms with van der Waals surface area (Å²) in [4.78, 5) is 4.63. The first-order valence-electron chi connectivity index (χ1n) is 11.0. The van der Waals surface area contributed by atoms with Crippen LogP contribution < -0.4 is 10.0 Å². The highest BCUT2D eigenvalue weighted by molar-refractivity contribution is 7.93. The third-order valence-electron chi connectivity index (χ3n) is 6.07. The van der Waals surface area contributed by atoms with Gasteiger partial charge in [-0.15, -0.1) is 10.2 Å². The van der Waals surface area contributed by atoms with Gasteiger partial charge in [0.25, 0.3) is 10.0 Å². The van der Waals surface area contributed by atoms with Gasteiger partial charge in [-0.3, -0.25) is 4.72 Å². The molecule has 0 aliphatic heterocycles. The number of nitrogens with zero attached hydrogens (tertiary/aromatic N) is 3. The van der Waals surface area contributed by atoms with Crippen molar-refractivity contribution >= 4 is 43.9 Å². The lowest BCUT2D eigenvalue weighted by atomic mass is 9.79. The normalized spacial score (nSPS) is 15.7. The molecule has 0 unspecified atom stereocenters. The van der Waals surface area contributed by atoms with Crippen LogP contribution in [0.2, 0.25) is 5.02 Å². The third-order valence-corrected chi connectivity index (χ3v) is 8.98. The maximum atomic E-state index is 12.9. The fourth-order valence-corrected chi connectivity index (χ4v) is 6.47. The van der Waals surface area contributed by atoms with Crippen LogP contribution in [0.5, 0.6) is 0 Å². The van der Waals surface area contributed by atoms with Crippen LogP contribution in [-0.2, 0) is 15.4 Å². The molecule has 1 fully saturated rings. The van der Waals surface area contributed by atoms with Crippen molar-refractivity contribution < 1.29 is 8.42 Å². The van der Waals surface area contributed by atoms with Crippen molar-refractivity contribution in [2.45, 2.75) is 62.7 Å². The van der Waals surface area contributed by atoms with Gasteiger partial charge < -0.3 is 5.32 Å². The summed E-state index contributed by atoms with van der Waals surface area (Å²) in [5.41, 5.74) is 2.05. The van der Waals surface area contributed by atoms with Gasteiger partial charge in [0.15, 0.2) is 0 Å². The third kappa shape index (κ3) is 5.31. The van der Waals surface area contributed by atoms with Crippen LogP contribution in [0.15, 0.2) is 41.4 Å². The van der Waals surface area contributed by atoms with E-state index < -0.39 is 10.0 Å². The smallest absolute Gasteiger partial charge is 0.263 e. The highest BCUT2D eigenvalue weighted by Gasteiger charge is 2.36. The number of halogens is 1. The number of sulfonamides is 1. The monoisotopic (exact) mass is 505 g/mol. The molecule has 176 valence electrons. The Hall–Kier alpha value is -2.23. The first-order chi connectivity index (χ1) is 15.7. The van der Waals surface area contributed by atoms with Crippen LogP contribution in [0.1, 0.15) is 61.6 Å². The van der Waals surface area contributed by atoms with Gasteiger partial charge in [-0.25, -0.2) is 13.4 Å². The molecule has 33 heavy (non-hydrogen) atoms. The molecule has 0 saturated heterocycles. The molecule has 2 heterocycles. The number of nitrogens with one attached hydrogen (secondary N) is 2. The lowest BCUT2D eigenvalue weighted by Gasteiger charge is -2.30. The number of hydrogen-bond donors (Lipinski definition) is 2. The SMILES string of the molecule is Cc1cnc(NCC2(c3ccc(S(=O)(=O)Nc4nnc(C(C)C)s4)cc3)CCCC2)c(Cl)c1. The number of anilines is 2. The molecule has 0 spiro atoms. The van der Waals surface area contributed by atoms with Crippen LogP contribution in [0.25, 0.3) is 0 Å². The molecule has 0 atom stereocenters. The summed E-state index contributed by atoms with van der Waals surface area (Å²) in [6.07, 6.45) is 6.11. The van der Waals surface area contributed by atoms with E-state index in [9.17, 15) is 8.42 Å². The summed E-state index contributed by atoms with van der Waals surface area (Å²) in [6, 6.07) is 9.07. The zero-order valence-corrected chi connectivity index (χ0v) is 21.3. The van der Waals surface area contributed by atoms with Crippen molar-refractivity contribution in [1.82, 2.24) is 15.2 Å². The molecule has 10 heteroatoms. The van der Waals surface area contributed by atoms with E-state index in [2.05, 4.69) is 25.2 Å². The number of benzene rings is 1. The summed E-state index contributed by atoms with van der Waals surface area (Å²) < 4.78 is 28.3. The fourth-order valence-electron chi connectivity index (χ4n) is 4.21. The van der Waals surface area contributed by atoms with Crippen molar-refractivity contribution in [3.8, 4) is 0 Å². The van der Waals surface area contributed by atoms with Crippen molar-refractivity contribution in [2.75, 3.05) is 16.6 Å². The molecular formula is C23H28ClN5O2S2. The van der Waals surface area contributed by atoms with Crippen LogP contribution in [-0.4, -0.2) is 30.1 Å². The van der Waals surface area contributed by atoms with E-state index in [-0.39, 0.29) is 21.4 Å². The first kappa shape index (κ1) is 23.9. The van der Waals surface area contributed by atoms with Gasteiger partial charge in [-0.05, 0) is 49.1 Å². The maximum Gasteiger partial charge on any atom is 0.263 e. The number of rotatable bonds is 8. The van der Waals surface area contributed by atoms with Gasteiger partial charge in [0, 0.05) is 24.1 Å². The Morgan fingerprint density at radius 1 is 1.15 bits per heavy atom. The van der Waals surface area contributed by atoms with Crippen LogP contribution in [0.4, 0.5) is 10.9 Å². The van der Waals surface area contributed by atoms with E-state index in [4.69, 9.17) is 11.6 Å². The number of hydrogen-bond acceptors (Lipinski definition) is 7. The topological polar surface area (TPSA) is 96.9 Å². The van der Waals surface area contributed by atoms with Crippen molar-refractivity contribution in [1.29, 1.82) is 0 Å². The average molecular weight is 506 g/mol. The molecular weight excluding hydrogens is 478 g/mol. The second-order valence-electron chi connectivity index (χ2n) is 8.91. The summed E-state index contributed by atoms with van der Waals surface area (Å²) in [5, 5.41) is 13.1. The van der Waals surface area contributed by atoms with E-state index in [0.29, 0.717) is 17.4 Å². The zero-order valence-electron chi connectivity index (χ0n) is 18.9. The Kier molecular flexibility index (Phi) is 6.93. The van der Waals surface area contributed by atoms with Gasteiger partial charge >= 0.3 is 0 Å².